The fraction of sp³-hybridized carbons (Fsp3) is 0.867. The Morgan fingerprint density at radius 1 is 1.15 bits per heavy atom. The fourth-order valence-corrected chi connectivity index (χ4v) is 3.61. The normalized spacial score (nSPS) is 27.9. The average molecular weight is 282 g/mol. The van der Waals surface area contributed by atoms with Crippen molar-refractivity contribution in [2.24, 2.45) is 11.8 Å². The second kappa shape index (κ2) is 6.46. The van der Waals surface area contributed by atoms with E-state index < -0.39 is 12.0 Å². The lowest BCUT2D eigenvalue weighted by Gasteiger charge is -2.44. The van der Waals surface area contributed by atoms with E-state index in [-0.39, 0.29) is 11.9 Å². The van der Waals surface area contributed by atoms with Crippen LogP contribution in [-0.4, -0.2) is 40.6 Å². The van der Waals surface area contributed by atoms with Crippen molar-refractivity contribution in [3.8, 4) is 0 Å². The first-order valence-electron chi connectivity index (χ1n) is 7.80. The van der Waals surface area contributed by atoms with Gasteiger partial charge in [0.05, 0.1) is 0 Å². The van der Waals surface area contributed by atoms with E-state index in [0.29, 0.717) is 12.0 Å². The van der Waals surface area contributed by atoms with E-state index in [4.69, 9.17) is 0 Å². The maximum Gasteiger partial charge on any atom is 0.326 e. The Kier molecular flexibility index (Phi) is 4.89. The van der Waals surface area contributed by atoms with Crippen molar-refractivity contribution in [1.29, 1.82) is 0 Å². The number of hydrogen-bond acceptors (Lipinski definition) is 2. The molecule has 2 aliphatic rings. The molecule has 2 fully saturated rings. The highest BCUT2D eigenvalue weighted by molar-refractivity contribution is 5.83. The zero-order valence-electron chi connectivity index (χ0n) is 12.5. The van der Waals surface area contributed by atoms with Crippen molar-refractivity contribution in [2.75, 3.05) is 6.54 Å². The Hall–Kier alpha value is -1.26. The number of amides is 2. The summed E-state index contributed by atoms with van der Waals surface area (Å²) in [4.78, 5) is 25.5. The maximum atomic E-state index is 12.4. The van der Waals surface area contributed by atoms with Gasteiger partial charge in [-0.05, 0) is 37.5 Å². The molecule has 2 rings (SSSR count). The van der Waals surface area contributed by atoms with Crippen LogP contribution in [0.5, 0.6) is 0 Å². The van der Waals surface area contributed by atoms with Gasteiger partial charge in [0, 0.05) is 12.6 Å². The lowest BCUT2D eigenvalue weighted by atomic mass is 9.78. The zero-order chi connectivity index (χ0) is 14.7. The second-order valence-corrected chi connectivity index (χ2v) is 6.46. The number of aliphatic carboxylic acids is 1. The molecule has 1 aliphatic heterocycles. The van der Waals surface area contributed by atoms with E-state index >= 15 is 0 Å². The molecular formula is C15H26N2O3. The fourth-order valence-electron chi connectivity index (χ4n) is 3.61. The average Bonchev–Trinajstić information content (AvgIpc) is 2.43. The summed E-state index contributed by atoms with van der Waals surface area (Å²) in [6, 6.07) is -0.673. The van der Waals surface area contributed by atoms with Crippen molar-refractivity contribution in [3.05, 3.63) is 0 Å². The Balaban J connectivity index is 2.01. The van der Waals surface area contributed by atoms with E-state index in [1.165, 1.54) is 25.7 Å². The van der Waals surface area contributed by atoms with Gasteiger partial charge in [0.1, 0.15) is 6.04 Å². The van der Waals surface area contributed by atoms with Gasteiger partial charge in [0.2, 0.25) is 0 Å². The molecule has 2 amide bonds. The molecule has 114 valence electrons. The summed E-state index contributed by atoms with van der Waals surface area (Å²) in [7, 11) is 0. The van der Waals surface area contributed by atoms with Gasteiger partial charge in [-0.25, -0.2) is 9.59 Å². The van der Waals surface area contributed by atoms with Crippen LogP contribution in [0.25, 0.3) is 0 Å². The van der Waals surface area contributed by atoms with Gasteiger partial charge in [0.15, 0.2) is 0 Å². The first-order valence-corrected chi connectivity index (χ1v) is 7.80. The predicted octanol–water partition coefficient (Wildman–Crippen LogP) is 2.46. The van der Waals surface area contributed by atoms with E-state index in [1.807, 2.05) is 18.7 Å². The molecule has 1 aliphatic carbocycles. The van der Waals surface area contributed by atoms with Gasteiger partial charge in [-0.15, -0.1) is 0 Å². The molecule has 3 unspecified atom stereocenters. The Bertz CT molecular complexity index is 368. The molecule has 0 spiro atoms. The number of carboxylic acid groups (broad SMARTS) is 1. The van der Waals surface area contributed by atoms with Gasteiger partial charge in [-0.3, -0.25) is 0 Å². The molecule has 1 saturated carbocycles. The highest BCUT2D eigenvalue weighted by atomic mass is 16.4. The summed E-state index contributed by atoms with van der Waals surface area (Å²) in [6.07, 6.45) is 6.96. The van der Waals surface area contributed by atoms with Gasteiger partial charge in [0.25, 0.3) is 0 Å². The molecule has 1 saturated heterocycles. The summed E-state index contributed by atoms with van der Waals surface area (Å²) in [5.41, 5.74) is 0. The lowest BCUT2D eigenvalue weighted by molar-refractivity contribution is -0.140. The van der Waals surface area contributed by atoms with Crippen molar-refractivity contribution in [1.82, 2.24) is 10.2 Å². The summed E-state index contributed by atoms with van der Waals surface area (Å²) < 4.78 is 0. The summed E-state index contributed by atoms with van der Waals surface area (Å²) >= 11 is 0. The van der Waals surface area contributed by atoms with Crippen LogP contribution in [0.15, 0.2) is 0 Å². The van der Waals surface area contributed by atoms with Crippen LogP contribution in [0, 0.1) is 11.8 Å². The molecular weight excluding hydrogens is 256 g/mol. The zero-order valence-corrected chi connectivity index (χ0v) is 12.5. The lowest BCUT2D eigenvalue weighted by Crippen LogP contribution is -2.56. The Morgan fingerprint density at radius 3 is 2.45 bits per heavy atom. The highest BCUT2D eigenvalue weighted by Gasteiger charge is 2.37. The summed E-state index contributed by atoms with van der Waals surface area (Å²) in [5, 5.41) is 11.9. The van der Waals surface area contributed by atoms with Crippen LogP contribution in [-0.2, 0) is 4.79 Å². The van der Waals surface area contributed by atoms with Crippen LogP contribution in [0.2, 0.25) is 0 Å². The molecule has 5 nitrogen and oxygen atoms in total. The molecule has 2 N–H and O–H groups in total. The first-order chi connectivity index (χ1) is 9.50. The smallest absolute Gasteiger partial charge is 0.326 e. The van der Waals surface area contributed by atoms with Crippen LogP contribution < -0.4 is 5.32 Å². The van der Waals surface area contributed by atoms with Crippen LogP contribution in [0.1, 0.15) is 52.4 Å². The minimum atomic E-state index is -0.953. The maximum absolute atomic E-state index is 12.4. The van der Waals surface area contributed by atoms with Crippen LogP contribution in [0.4, 0.5) is 4.79 Å². The van der Waals surface area contributed by atoms with Crippen molar-refractivity contribution in [2.45, 2.75) is 64.5 Å². The molecule has 3 atom stereocenters. The van der Waals surface area contributed by atoms with Crippen molar-refractivity contribution >= 4 is 12.0 Å². The molecule has 0 bridgehead atoms. The molecule has 0 aromatic carbocycles. The van der Waals surface area contributed by atoms with Gasteiger partial charge in [-0.2, -0.15) is 0 Å². The number of fused-ring (bicyclic) bond motifs is 1. The van der Waals surface area contributed by atoms with Crippen molar-refractivity contribution < 1.29 is 14.7 Å². The largest absolute Gasteiger partial charge is 0.480 e. The number of piperidine rings is 1. The topological polar surface area (TPSA) is 69.6 Å². The third kappa shape index (κ3) is 3.25. The van der Waals surface area contributed by atoms with Crippen LogP contribution in [0.3, 0.4) is 0 Å². The molecule has 20 heavy (non-hydrogen) atoms. The van der Waals surface area contributed by atoms with E-state index in [9.17, 15) is 14.7 Å². The number of hydrogen-bond donors (Lipinski definition) is 2. The first kappa shape index (κ1) is 15.1. The highest BCUT2D eigenvalue weighted by Crippen LogP contribution is 2.35. The molecule has 0 aromatic rings. The van der Waals surface area contributed by atoms with Gasteiger partial charge in [-0.1, -0.05) is 26.7 Å². The Morgan fingerprint density at radius 2 is 1.80 bits per heavy atom. The van der Waals surface area contributed by atoms with E-state index in [1.54, 1.807) is 0 Å². The standard InChI is InChI=1S/C15H26N2O3/c1-10(2)13(14(18)19)16-15(20)17-9-5-7-11-6-3-4-8-12(11)17/h10-13H,3-9H2,1-2H3,(H,16,20)(H,18,19). The number of nitrogens with zero attached hydrogens (tertiary/aromatic N) is 1. The minimum absolute atomic E-state index is 0.108. The number of urea groups is 1. The monoisotopic (exact) mass is 282 g/mol. The molecule has 0 radical (unpaired) electrons. The molecule has 1 heterocycles. The SMILES string of the molecule is CC(C)C(NC(=O)N1CCCC2CCCCC21)C(=O)O. The minimum Gasteiger partial charge on any atom is -0.480 e. The number of nitrogens with one attached hydrogen (secondary N) is 1. The van der Waals surface area contributed by atoms with Gasteiger partial charge >= 0.3 is 12.0 Å². The van der Waals surface area contributed by atoms with E-state index in [0.717, 1.165) is 19.4 Å². The number of likely N-dealkylation sites (tertiary alicyclic amines) is 1. The van der Waals surface area contributed by atoms with E-state index in [2.05, 4.69) is 5.32 Å². The summed E-state index contributed by atoms with van der Waals surface area (Å²) in [5.74, 6) is -0.445. The van der Waals surface area contributed by atoms with Crippen molar-refractivity contribution in [3.63, 3.8) is 0 Å². The van der Waals surface area contributed by atoms with Gasteiger partial charge < -0.3 is 15.3 Å². The number of carbonyl (C=O) groups is 2. The Labute approximate surface area is 120 Å². The summed E-state index contributed by atoms with van der Waals surface area (Å²) in [6.45, 7) is 4.40. The number of carboxylic acids is 1. The molecule has 0 aromatic heterocycles. The molecule has 5 heteroatoms. The number of rotatable bonds is 3. The quantitative estimate of drug-likeness (QED) is 0.835. The second-order valence-electron chi connectivity index (χ2n) is 6.46. The predicted molar refractivity (Wildman–Crippen MR) is 76.5 cm³/mol. The number of carbonyl (C=O) groups excluding carboxylic acids is 1. The third-order valence-electron chi connectivity index (χ3n) is 4.72. The van der Waals surface area contributed by atoms with Crippen LogP contribution >= 0.6 is 0 Å². The third-order valence-corrected chi connectivity index (χ3v) is 4.72.